The zero-order valence-corrected chi connectivity index (χ0v) is 14.9. The Kier molecular flexibility index (Phi) is 7.11. The maximum Gasteiger partial charge on any atom is 0.134 e. The van der Waals surface area contributed by atoms with Crippen LogP contribution in [0.3, 0.4) is 0 Å². The lowest BCUT2D eigenvalue weighted by Crippen LogP contribution is -2.15. The molecule has 1 N–H and O–H groups in total. The Labute approximate surface area is 143 Å². The van der Waals surface area contributed by atoms with E-state index >= 15 is 0 Å². The summed E-state index contributed by atoms with van der Waals surface area (Å²) in [4.78, 5) is 1.28. The van der Waals surface area contributed by atoms with Gasteiger partial charge in [0, 0.05) is 16.7 Å². The Bertz CT molecular complexity index is 688. The van der Waals surface area contributed by atoms with E-state index < -0.39 is 0 Å². The van der Waals surface area contributed by atoms with Crippen LogP contribution in [0, 0.1) is 0 Å². The molecule has 2 nitrogen and oxygen atoms in total. The number of hydrogen-bond donors (Lipinski definition) is 1. The van der Waals surface area contributed by atoms with Crippen molar-refractivity contribution >= 4 is 22.1 Å². The van der Waals surface area contributed by atoms with Gasteiger partial charge in [0.2, 0.25) is 0 Å². The summed E-state index contributed by atoms with van der Waals surface area (Å²) < 4.78 is 6.34. The van der Waals surface area contributed by atoms with E-state index in [0.29, 0.717) is 0 Å². The van der Waals surface area contributed by atoms with Crippen LogP contribution in [0.15, 0.2) is 60.0 Å². The molecule has 3 aromatic rings. The van der Waals surface area contributed by atoms with Gasteiger partial charge in [-0.2, -0.15) is 0 Å². The van der Waals surface area contributed by atoms with Gasteiger partial charge in [0.25, 0.3) is 0 Å². The highest BCUT2D eigenvalue weighted by Gasteiger charge is 2.15. The van der Waals surface area contributed by atoms with E-state index in [2.05, 4.69) is 65.3 Å². The molecule has 0 bridgehead atoms. The average Bonchev–Trinajstić information content (AvgIpc) is 3.15. The third-order valence-corrected chi connectivity index (χ3v) is 4.50. The molecule has 0 aliphatic heterocycles. The highest BCUT2D eigenvalue weighted by atomic mass is 32.1. The minimum atomic E-state index is 0.100. The lowest BCUT2D eigenvalue weighted by molar-refractivity contribution is 0.201. The fraction of sp³-hybridized carbons (Fsp3) is 0.300. The van der Waals surface area contributed by atoms with E-state index in [4.69, 9.17) is 4.74 Å². The van der Waals surface area contributed by atoms with Gasteiger partial charge in [-0.25, -0.2) is 0 Å². The van der Waals surface area contributed by atoms with E-state index in [1.807, 2.05) is 20.9 Å². The van der Waals surface area contributed by atoms with Crippen LogP contribution in [0.25, 0.3) is 10.8 Å². The van der Waals surface area contributed by atoms with Gasteiger partial charge in [0.05, 0.1) is 0 Å². The molecule has 3 rings (SSSR count). The van der Waals surface area contributed by atoms with Crippen LogP contribution in [-0.2, 0) is 0 Å². The summed E-state index contributed by atoms with van der Waals surface area (Å²) in [5, 5.41) is 7.70. The first kappa shape index (κ1) is 17.5. The van der Waals surface area contributed by atoms with E-state index in [1.165, 1.54) is 15.6 Å². The molecular formula is C20H25NOS. The van der Waals surface area contributed by atoms with Gasteiger partial charge >= 0.3 is 0 Å². The van der Waals surface area contributed by atoms with E-state index in [-0.39, 0.29) is 6.10 Å². The van der Waals surface area contributed by atoms with E-state index in [9.17, 15) is 0 Å². The fourth-order valence-electron chi connectivity index (χ4n) is 2.46. The summed E-state index contributed by atoms with van der Waals surface area (Å²) in [6.45, 7) is 4.94. The molecule has 0 aliphatic carbocycles. The standard InChI is InChI=1S/C18H19NOS.C2H6/c1-19-12-11-17(18-10-5-13-21-18)20-16-9-4-7-14-6-2-3-8-15(14)16;1-2/h2-10,13,17,19H,11-12H2,1H3;1-2H3. The Morgan fingerprint density at radius 2 is 1.78 bits per heavy atom. The number of ether oxygens (including phenoxy) is 1. The SMILES string of the molecule is CC.CNCCC(Oc1cccc2ccccc12)c1cccs1. The van der Waals surface area contributed by atoms with Crippen molar-refractivity contribution in [1.82, 2.24) is 5.32 Å². The lowest BCUT2D eigenvalue weighted by atomic mass is 10.1. The van der Waals surface area contributed by atoms with Crippen molar-refractivity contribution in [3.63, 3.8) is 0 Å². The molecule has 0 amide bonds. The van der Waals surface area contributed by atoms with Gasteiger partial charge in [0.15, 0.2) is 0 Å². The molecule has 1 aromatic heterocycles. The summed E-state index contributed by atoms with van der Waals surface area (Å²) in [5.41, 5.74) is 0. The summed E-state index contributed by atoms with van der Waals surface area (Å²) in [6, 6.07) is 18.8. The first-order valence-electron chi connectivity index (χ1n) is 8.21. The lowest BCUT2D eigenvalue weighted by Gasteiger charge is -2.19. The first-order chi connectivity index (χ1) is 11.4. The Morgan fingerprint density at radius 1 is 1.00 bits per heavy atom. The van der Waals surface area contributed by atoms with Gasteiger partial charge in [-0.1, -0.05) is 56.3 Å². The predicted molar refractivity (Wildman–Crippen MR) is 102 cm³/mol. The van der Waals surface area contributed by atoms with Crippen molar-refractivity contribution < 1.29 is 4.74 Å². The molecule has 122 valence electrons. The zero-order valence-electron chi connectivity index (χ0n) is 14.1. The van der Waals surface area contributed by atoms with Gasteiger partial charge in [-0.15, -0.1) is 11.3 Å². The number of nitrogens with one attached hydrogen (secondary N) is 1. The summed E-state index contributed by atoms with van der Waals surface area (Å²) in [6.07, 6.45) is 1.06. The van der Waals surface area contributed by atoms with Gasteiger partial charge in [0.1, 0.15) is 11.9 Å². The van der Waals surface area contributed by atoms with Gasteiger partial charge in [-0.05, 0) is 36.5 Å². The Morgan fingerprint density at radius 3 is 2.52 bits per heavy atom. The smallest absolute Gasteiger partial charge is 0.134 e. The van der Waals surface area contributed by atoms with Crippen molar-refractivity contribution in [3.8, 4) is 5.75 Å². The molecule has 0 spiro atoms. The second-order valence-electron chi connectivity index (χ2n) is 4.99. The Hall–Kier alpha value is -1.84. The second-order valence-corrected chi connectivity index (χ2v) is 5.97. The van der Waals surface area contributed by atoms with Crippen LogP contribution in [0.4, 0.5) is 0 Å². The third kappa shape index (κ3) is 4.57. The number of hydrogen-bond acceptors (Lipinski definition) is 3. The minimum Gasteiger partial charge on any atom is -0.484 e. The number of fused-ring (bicyclic) bond motifs is 1. The van der Waals surface area contributed by atoms with Gasteiger partial charge in [-0.3, -0.25) is 0 Å². The maximum absolute atomic E-state index is 6.34. The van der Waals surface area contributed by atoms with Gasteiger partial charge < -0.3 is 10.1 Å². The minimum absolute atomic E-state index is 0.100. The van der Waals surface area contributed by atoms with Crippen LogP contribution in [0.5, 0.6) is 5.75 Å². The quantitative estimate of drug-likeness (QED) is 0.631. The molecule has 1 unspecified atom stereocenters. The molecule has 23 heavy (non-hydrogen) atoms. The van der Waals surface area contributed by atoms with Crippen molar-refractivity contribution in [2.24, 2.45) is 0 Å². The van der Waals surface area contributed by atoms with Crippen molar-refractivity contribution in [2.45, 2.75) is 26.4 Å². The van der Waals surface area contributed by atoms with E-state index in [0.717, 1.165) is 18.7 Å². The summed E-state index contributed by atoms with van der Waals surface area (Å²) in [5.74, 6) is 0.961. The molecule has 2 aromatic carbocycles. The second kappa shape index (κ2) is 9.33. The molecule has 1 heterocycles. The van der Waals surface area contributed by atoms with Crippen LogP contribution < -0.4 is 10.1 Å². The number of rotatable bonds is 6. The van der Waals surface area contributed by atoms with Crippen LogP contribution in [0.1, 0.15) is 31.2 Å². The molecular weight excluding hydrogens is 302 g/mol. The van der Waals surface area contributed by atoms with Crippen LogP contribution >= 0.6 is 11.3 Å². The third-order valence-electron chi connectivity index (χ3n) is 3.54. The molecule has 3 heteroatoms. The van der Waals surface area contributed by atoms with Crippen molar-refractivity contribution in [1.29, 1.82) is 0 Å². The van der Waals surface area contributed by atoms with Crippen LogP contribution in [-0.4, -0.2) is 13.6 Å². The Balaban J connectivity index is 0.000000924. The molecule has 1 atom stereocenters. The predicted octanol–water partition coefficient (Wildman–Crippen LogP) is 5.66. The molecule has 0 saturated heterocycles. The monoisotopic (exact) mass is 327 g/mol. The molecule has 0 radical (unpaired) electrons. The summed E-state index contributed by atoms with van der Waals surface area (Å²) >= 11 is 1.75. The highest BCUT2D eigenvalue weighted by molar-refractivity contribution is 7.10. The average molecular weight is 327 g/mol. The molecule has 0 saturated carbocycles. The summed E-state index contributed by atoms with van der Waals surface area (Å²) in [7, 11) is 1.98. The van der Waals surface area contributed by atoms with E-state index in [1.54, 1.807) is 11.3 Å². The zero-order chi connectivity index (χ0) is 16.5. The first-order valence-corrected chi connectivity index (χ1v) is 9.09. The molecule has 0 fully saturated rings. The normalized spacial score (nSPS) is 11.6. The largest absolute Gasteiger partial charge is 0.484 e. The van der Waals surface area contributed by atoms with Crippen LogP contribution in [0.2, 0.25) is 0 Å². The topological polar surface area (TPSA) is 21.3 Å². The number of thiophene rings is 1. The van der Waals surface area contributed by atoms with Crippen molar-refractivity contribution in [2.75, 3.05) is 13.6 Å². The van der Waals surface area contributed by atoms with Crippen molar-refractivity contribution in [3.05, 3.63) is 64.9 Å². The fourth-order valence-corrected chi connectivity index (χ4v) is 3.25. The highest BCUT2D eigenvalue weighted by Crippen LogP contribution is 2.32. The molecule has 0 aliphatic rings. The number of benzene rings is 2. The maximum atomic E-state index is 6.34.